The summed E-state index contributed by atoms with van der Waals surface area (Å²) in [6, 6.07) is 0. The number of nitrogens with two attached hydrogens (primary N) is 1. The van der Waals surface area contributed by atoms with E-state index in [9.17, 15) is 9.59 Å². The smallest absolute Gasteiger partial charge is 0.229 e. The largest absolute Gasteiger partial charge is 0.369 e. The van der Waals surface area contributed by atoms with Gasteiger partial charge in [-0.1, -0.05) is 6.58 Å². The Hall–Kier alpha value is -0.770. The van der Waals surface area contributed by atoms with Crippen molar-refractivity contribution in [2.45, 2.75) is 0 Å². The van der Waals surface area contributed by atoms with Gasteiger partial charge in [0.15, 0.2) is 5.78 Å². The molecule has 0 radical (unpaired) electrons. The third-order valence-corrected chi connectivity index (χ3v) is 1.89. The molecule has 0 aliphatic heterocycles. The number of hydrogen-bond acceptors (Lipinski definition) is 3. The molecule has 0 heterocycles. The fraction of sp³-hybridized carbons (Fsp3) is 0.429. The van der Waals surface area contributed by atoms with E-state index < -0.39 is 11.8 Å². The first-order valence-corrected chi connectivity index (χ1v) is 4.47. The highest BCUT2D eigenvalue weighted by Crippen LogP contribution is 2.06. The normalized spacial score (nSPS) is 12.1. The van der Waals surface area contributed by atoms with Crippen LogP contribution in [0.1, 0.15) is 0 Å². The van der Waals surface area contributed by atoms with Crippen LogP contribution in [-0.2, 0) is 9.59 Å². The van der Waals surface area contributed by atoms with Crippen LogP contribution < -0.4 is 5.73 Å². The zero-order valence-electron chi connectivity index (χ0n) is 6.37. The summed E-state index contributed by atoms with van der Waals surface area (Å²) in [7, 11) is 0. The van der Waals surface area contributed by atoms with Gasteiger partial charge < -0.3 is 5.73 Å². The summed E-state index contributed by atoms with van der Waals surface area (Å²) in [5.74, 6) is -1.15. The summed E-state index contributed by atoms with van der Waals surface area (Å²) < 4.78 is 0. The van der Waals surface area contributed by atoms with Crippen LogP contribution in [0.15, 0.2) is 12.7 Å². The van der Waals surface area contributed by atoms with Crippen LogP contribution >= 0.6 is 11.8 Å². The van der Waals surface area contributed by atoms with E-state index in [4.69, 9.17) is 5.73 Å². The van der Waals surface area contributed by atoms with Gasteiger partial charge in [0.2, 0.25) is 5.91 Å². The van der Waals surface area contributed by atoms with E-state index in [2.05, 4.69) is 6.58 Å². The topological polar surface area (TPSA) is 60.2 Å². The minimum absolute atomic E-state index is 0.299. The van der Waals surface area contributed by atoms with Crippen LogP contribution in [0.25, 0.3) is 0 Å². The molecule has 62 valence electrons. The van der Waals surface area contributed by atoms with Crippen molar-refractivity contribution in [3.8, 4) is 0 Å². The minimum atomic E-state index is -0.706. The molecule has 0 aromatic rings. The molecular formula is C7H11NO2S. The van der Waals surface area contributed by atoms with Crippen molar-refractivity contribution in [2.24, 2.45) is 11.7 Å². The van der Waals surface area contributed by atoms with Crippen LogP contribution in [0.2, 0.25) is 0 Å². The zero-order chi connectivity index (χ0) is 8.85. The zero-order valence-corrected chi connectivity index (χ0v) is 7.19. The van der Waals surface area contributed by atoms with E-state index in [1.54, 1.807) is 0 Å². The van der Waals surface area contributed by atoms with E-state index in [-0.39, 0.29) is 5.78 Å². The number of amides is 1. The molecule has 0 fully saturated rings. The van der Waals surface area contributed by atoms with E-state index in [1.807, 2.05) is 6.26 Å². The maximum atomic E-state index is 10.9. The van der Waals surface area contributed by atoms with E-state index in [1.165, 1.54) is 11.8 Å². The lowest BCUT2D eigenvalue weighted by molar-refractivity contribution is -0.128. The third kappa shape index (κ3) is 3.23. The number of rotatable bonds is 5. The lowest BCUT2D eigenvalue weighted by Crippen LogP contribution is -2.31. The first-order valence-electron chi connectivity index (χ1n) is 3.08. The molecular weight excluding hydrogens is 162 g/mol. The summed E-state index contributed by atoms with van der Waals surface area (Å²) in [5.41, 5.74) is 4.98. The molecule has 0 rings (SSSR count). The van der Waals surface area contributed by atoms with E-state index in [0.29, 0.717) is 5.75 Å². The summed E-state index contributed by atoms with van der Waals surface area (Å²) in [6.45, 7) is 3.28. The van der Waals surface area contributed by atoms with Gasteiger partial charge in [0.25, 0.3) is 0 Å². The Morgan fingerprint density at radius 3 is 2.55 bits per heavy atom. The Kier molecular flexibility index (Phi) is 4.61. The van der Waals surface area contributed by atoms with Gasteiger partial charge in [-0.15, -0.1) is 0 Å². The second-order valence-corrected chi connectivity index (χ2v) is 2.93. The first kappa shape index (κ1) is 10.2. The fourth-order valence-corrected chi connectivity index (χ4v) is 1.28. The van der Waals surface area contributed by atoms with Crippen LogP contribution in [0.4, 0.5) is 0 Å². The number of thioether (sulfide) groups is 1. The summed E-state index contributed by atoms with van der Waals surface area (Å²) in [6.07, 6.45) is 2.94. The highest BCUT2D eigenvalue weighted by Gasteiger charge is 2.20. The van der Waals surface area contributed by atoms with Gasteiger partial charge >= 0.3 is 0 Å². The minimum Gasteiger partial charge on any atom is -0.369 e. The molecule has 0 aliphatic rings. The number of hydrogen-bond donors (Lipinski definition) is 1. The summed E-state index contributed by atoms with van der Waals surface area (Å²) >= 11 is 1.41. The van der Waals surface area contributed by atoms with Crippen molar-refractivity contribution < 1.29 is 9.59 Å². The highest BCUT2D eigenvalue weighted by atomic mass is 32.2. The predicted molar refractivity (Wildman–Crippen MR) is 46.3 cm³/mol. The van der Waals surface area contributed by atoms with Crippen LogP contribution in [0.3, 0.4) is 0 Å². The molecule has 0 saturated carbocycles. The SMILES string of the molecule is C=CC(=O)C(CSC)C(N)=O. The van der Waals surface area contributed by atoms with Crippen LogP contribution in [0.5, 0.6) is 0 Å². The Morgan fingerprint density at radius 2 is 2.27 bits per heavy atom. The lowest BCUT2D eigenvalue weighted by Gasteiger charge is -2.06. The second-order valence-electron chi connectivity index (χ2n) is 2.02. The monoisotopic (exact) mass is 173 g/mol. The standard InChI is InChI=1S/C7H11NO2S/c1-3-6(9)5(4-11-2)7(8)10/h3,5H,1,4H2,2H3,(H2,8,10). The Balaban J connectivity index is 4.20. The van der Waals surface area contributed by atoms with Crippen molar-refractivity contribution in [1.82, 2.24) is 0 Å². The van der Waals surface area contributed by atoms with Gasteiger partial charge in [0, 0.05) is 5.75 Å². The van der Waals surface area contributed by atoms with Crippen LogP contribution in [0, 0.1) is 5.92 Å². The molecule has 0 aromatic carbocycles. The first-order chi connectivity index (χ1) is 5.13. The van der Waals surface area contributed by atoms with Gasteiger partial charge in [-0.2, -0.15) is 11.8 Å². The average Bonchev–Trinajstić information content (AvgIpc) is 1.98. The van der Waals surface area contributed by atoms with Gasteiger partial charge in [0.1, 0.15) is 5.92 Å². The molecule has 0 aliphatic carbocycles. The number of allylic oxidation sites excluding steroid dienone is 1. The molecule has 2 N–H and O–H groups in total. The Morgan fingerprint density at radius 1 is 1.73 bits per heavy atom. The van der Waals surface area contributed by atoms with Crippen molar-refractivity contribution in [2.75, 3.05) is 12.0 Å². The number of ketones is 1. The van der Waals surface area contributed by atoms with Gasteiger partial charge in [-0.05, 0) is 12.3 Å². The molecule has 4 heteroatoms. The average molecular weight is 173 g/mol. The molecule has 3 nitrogen and oxygen atoms in total. The van der Waals surface area contributed by atoms with Crippen molar-refractivity contribution in [3.05, 3.63) is 12.7 Å². The summed E-state index contributed by atoms with van der Waals surface area (Å²) in [4.78, 5) is 21.5. The molecule has 1 atom stereocenters. The molecule has 0 bridgehead atoms. The lowest BCUT2D eigenvalue weighted by atomic mass is 10.1. The number of carbonyl (C=O) groups is 2. The Labute approximate surface area is 70.0 Å². The van der Waals surface area contributed by atoms with Crippen LogP contribution in [-0.4, -0.2) is 23.7 Å². The van der Waals surface area contributed by atoms with Gasteiger partial charge in [-0.3, -0.25) is 9.59 Å². The fourth-order valence-electron chi connectivity index (χ4n) is 0.613. The highest BCUT2D eigenvalue weighted by molar-refractivity contribution is 7.98. The molecule has 0 spiro atoms. The van der Waals surface area contributed by atoms with E-state index in [0.717, 1.165) is 6.08 Å². The molecule has 0 aromatic heterocycles. The maximum absolute atomic E-state index is 10.9. The van der Waals surface area contributed by atoms with Crippen molar-refractivity contribution >= 4 is 23.5 Å². The maximum Gasteiger partial charge on any atom is 0.229 e. The van der Waals surface area contributed by atoms with Crippen molar-refractivity contribution in [3.63, 3.8) is 0 Å². The van der Waals surface area contributed by atoms with Gasteiger partial charge in [-0.25, -0.2) is 0 Å². The molecule has 1 unspecified atom stereocenters. The van der Waals surface area contributed by atoms with Crippen molar-refractivity contribution in [1.29, 1.82) is 0 Å². The van der Waals surface area contributed by atoms with E-state index >= 15 is 0 Å². The Bertz CT molecular complexity index is 179. The molecule has 0 saturated heterocycles. The number of carbonyl (C=O) groups excluding carboxylic acids is 2. The summed E-state index contributed by atoms with van der Waals surface area (Å²) in [5, 5.41) is 0. The number of primary amides is 1. The third-order valence-electron chi connectivity index (χ3n) is 1.22. The predicted octanol–water partition coefficient (Wildman–Crippen LogP) is 0.206. The molecule has 1 amide bonds. The van der Waals surface area contributed by atoms with Gasteiger partial charge in [0.05, 0.1) is 0 Å². The second kappa shape index (κ2) is 4.96. The quantitative estimate of drug-likeness (QED) is 0.477. The molecule has 11 heavy (non-hydrogen) atoms.